The number of fused-ring (bicyclic) bond motifs is 1. The average Bonchev–Trinajstić information content (AvgIpc) is 3.37. The van der Waals surface area contributed by atoms with Gasteiger partial charge in [-0.15, -0.1) is 12.6 Å². The molecule has 3 atom stereocenters. The molecule has 0 saturated carbocycles. The fourth-order valence-corrected chi connectivity index (χ4v) is 19.1. The van der Waals surface area contributed by atoms with Gasteiger partial charge in [0.15, 0.2) is 20.2 Å². The van der Waals surface area contributed by atoms with Crippen LogP contribution in [0.5, 0.6) is 0 Å². The third kappa shape index (κ3) is 5.86. The number of rotatable bonds is 12. The fraction of sp³-hybridized carbons (Fsp3) is 0.821. The lowest BCUT2D eigenvalue weighted by atomic mass is 10.2. The van der Waals surface area contributed by atoms with Crippen molar-refractivity contribution in [3.05, 3.63) is 6.33 Å². The van der Waals surface area contributed by atoms with Crippen molar-refractivity contribution in [2.75, 3.05) is 12.3 Å². The first kappa shape index (κ1) is 32.5. The zero-order valence-corrected chi connectivity index (χ0v) is 29.1. The molecule has 0 radical (unpaired) electrons. The van der Waals surface area contributed by atoms with E-state index in [2.05, 4.69) is 106 Å². The minimum atomic E-state index is -2.18. The summed E-state index contributed by atoms with van der Waals surface area (Å²) in [7, 11) is -4.27. The highest BCUT2D eigenvalue weighted by Gasteiger charge is 2.52. The first-order valence-corrected chi connectivity index (χ1v) is 19.5. The Morgan fingerprint density at radius 3 is 1.90 bits per heavy atom. The van der Waals surface area contributed by atoms with Gasteiger partial charge in [0.2, 0.25) is 8.32 Å². The maximum atomic E-state index is 7.37. The zero-order valence-electron chi connectivity index (χ0n) is 26.2. The highest BCUT2D eigenvalue weighted by Crippen LogP contribution is 2.47. The van der Waals surface area contributed by atoms with E-state index in [-0.39, 0.29) is 18.4 Å². The number of anilines is 1. The summed E-state index contributed by atoms with van der Waals surface area (Å²) >= 11 is 4.58. The van der Waals surface area contributed by atoms with E-state index >= 15 is 0 Å². The minimum absolute atomic E-state index is 0.103. The SMILES string of the molecule is CC(C)[Si](OC[C@@H]1O[C@H](n2nc(S)c3c(N)ncnc32)C[C@@H]1O[Si](C(C)C)(C(C)C)C(C)C)(C(C)C)C(C)C. The van der Waals surface area contributed by atoms with Gasteiger partial charge in [-0.1, -0.05) is 83.1 Å². The van der Waals surface area contributed by atoms with Crippen LogP contribution in [0.15, 0.2) is 11.4 Å². The number of hydrogen-bond donors (Lipinski definition) is 2. The van der Waals surface area contributed by atoms with Crippen LogP contribution in [0.1, 0.15) is 95.7 Å². The van der Waals surface area contributed by atoms with Crippen LogP contribution in [0.2, 0.25) is 33.2 Å². The number of nitrogens with two attached hydrogens (primary N) is 1. The van der Waals surface area contributed by atoms with Crippen molar-refractivity contribution in [1.29, 1.82) is 0 Å². The summed E-state index contributed by atoms with van der Waals surface area (Å²) in [5.41, 5.74) is 9.67. The lowest BCUT2D eigenvalue weighted by Gasteiger charge is -2.45. The number of nitrogens with zero attached hydrogens (tertiary/aromatic N) is 4. The molecule has 0 aliphatic carbocycles. The second kappa shape index (κ2) is 12.5. The van der Waals surface area contributed by atoms with Crippen molar-refractivity contribution in [2.24, 2.45) is 0 Å². The van der Waals surface area contributed by atoms with E-state index in [4.69, 9.17) is 24.4 Å². The van der Waals surface area contributed by atoms with E-state index in [1.165, 1.54) is 6.33 Å². The van der Waals surface area contributed by atoms with Gasteiger partial charge in [0, 0.05) is 6.42 Å². The van der Waals surface area contributed by atoms with Crippen LogP contribution in [0.4, 0.5) is 5.82 Å². The Bertz CT molecular complexity index is 1060. The van der Waals surface area contributed by atoms with Crippen LogP contribution in [0.25, 0.3) is 11.0 Å². The topological polar surface area (TPSA) is 97.3 Å². The molecule has 8 nitrogen and oxygen atoms in total. The largest absolute Gasteiger partial charge is 0.413 e. The molecule has 222 valence electrons. The highest BCUT2D eigenvalue weighted by atomic mass is 32.1. The first-order chi connectivity index (χ1) is 18.1. The lowest BCUT2D eigenvalue weighted by molar-refractivity contribution is -0.0438. The van der Waals surface area contributed by atoms with E-state index in [1.54, 1.807) is 0 Å². The Morgan fingerprint density at radius 1 is 0.897 bits per heavy atom. The van der Waals surface area contributed by atoms with Crippen molar-refractivity contribution in [3.8, 4) is 0 Å². The molecule has 3 rings (SSSR count). The summed E-state index contributed by atoms with van der Waals surface area (Å²) in [6, 6.07) is 0. The third-order valence-corrected chi connectivity index (χ3v) is 21.7. The molecule has 2 N–H and O–H groups in total. The molecule has 3 heterocycles. The number of hydrogen-bond acceptors (Lipinski definition) is 8. The maximum absolute atomic E-state index is 7.37. The molecule has 0 unspecified atom stereocenters. The smallest absolute Gasteiger partial charge is 0.200 e. The standard InChI is InChI=1S/C28H53N5O3SSi2/c1-16(2)38(17(3)4,18(5)6)34-14-23-22(36-39(19(7)8,20(9)10)21(11)12)13-24(35-23)33-27-25(28(37)32-33)26(29)30-15-31-27/h15-24H,13-14H2,1-12H3,(H,32,37)(H2,29,30,31)/t22-,23-,24-/m0/s1. The van der Waals surface area contributed by atoms with Gasteiger partial charge in [0.25, 0.3) is 0 Å². The summed E-state index contributed by atoms with van der Waals surface area (Å²) in [6.45, 7) is 28.4. The lowest BCUT2D eigenvalue weighted by Crippen LogP contribution is -2.53. The molecule has 0 spiro atoms. The van der Waals surface area contributed by atoms with Crippen molar-refractivity contribution in [3.63, 3.8) is 0 Å². The molecule has 2 aromatic heterocycles. The van der Waals surface area contributed by atoms with E-state index in [1.807, 2.05) is 4.68 Å². The molecule has 0 amide bonds. The van der Waals surface area contributed by atoms with Gasteiger partial charge < -0.3 is 19.3 Å². The fourth-order valence-electron chi connectivity index (χ4n) is 7.70. The summed E-state index contributed by atoms with van der Waals surface area (Å²) in [5, 5.41) is 5.85. The van der Waals surface area contributed by atoms with Gasteiger partial charge in [-0.25, -0.2) is 14.6 Å². The number of nitrogen functional groups attached to an aromatic ring is 1. The summed E-state index contributed by atoms with van der Waals surface area (Å²) in [4.78, 5) is 8.64. The van der Waals surface area contributed by atoms with E-state index in [0.717, 1.165) is 0 Å². The van der Waals surface area contributed by atoms with Gasteiger partial charge >= 0.3 is 0 Å². The first-order valence-electron chi connectivity index (χ1n) is 14.8. The second-order valence-electron chi connectivity index (χ2n) is 13.2. The molecule has 1 aliphatic heterocycles. The molecule has 39 heavy (non-hydrogen) atoms. The number of thiol groups is 1. The van der Waals surface area contributed by atoms with E-state index in [0.29, 0.717) is 68.2 Å². The zero-order chi connectivity index (χ0) is 29.4. The number of aromatic nitrogens is 4. The Labute approximate surface area is 243 Å². The maximum Gasteiger partial charge on any atom is 0.200 e. The summed E-state index contributed by atoms with van der Waals surface area (Å²) in [6.07, 6.45) is 1.47. The predicted molar refractivity (Wildman–Crippen MR) is 168 cm³/mol. The van der Waals surface area contributed by atoms with E-state index < -0.39 is 16.6 Å². The molecule has 1 aliphatic rings. The van der Waals surface area contributed by atoms with Crippen molar-refractivity contribution in [2.45, 2.75) is 146 Å². The normalized spacial score (nSPS) is 21.3. The van der Waals surface area contributed by atoms with Crippen molar-refractivity contribution < 1.29 is 13.6 Å². The average molecular weight is 596 g/mol. The van der Waals surface area contributed by atoms with Gasteiger partial charge in [-0.2, -0.15) is 5.10 Å². The van der Waals surface area contributed by atoms with Gasteiger partial charge in [-0.3, -0.25) is 0 Å². The summed E-state index contributed by atoms with van der Waals surface area (Å²) < 4.78 is 23.1. The monoisotopic (exact) mass is 595 g/mol. The van der Waals surface area contributed by atoms with Crippen LogP contribution in [-0.2, 0) is 13.6 Å². The molecule has 0 bridgehead atoms. The van der Waals surface area contributed by atoms with Crippen molar-refractivity contribution >= 4 is 46.1 Å². The number of ether oxygens (including phenoxy) is 1. The van der Waals surface area contributed by atoms with Gasteiger partial charge in [0.05, 0.1) is 18.1 Å². The van der Waals surface area contributed by atoms with Crippen LogP contribution in [-0.4, -0.2) is 55.2 Å². The van der Waals surface area contributed by atoms with Crippen LogP contribution in [0, 0.1) is 0 Å². The quantitative estimate of drug-likeness (QED) is 0.191. The molecule has 1 fully saturated rings. The molecule has 0 aromatic carbocycles. The Morgan fingerprint density at radius 2 is 1.41 bits per heavy atom. The Hall–Kier alpha value is -0.986. The molecule has 11 heteroatoms. The second-order valence-corrected chi connectivity index (χ2v) is 24.5. The Kier molecular flexibility index (Phi) is 10.4. The van der Waals surface area contributed by atoms with Crippen LogP contribution >= 0.6 is 12.6 Å². The Balaban J connectivity index is 2.03. The van der Waals surface area contributed by atoms with Crippen LogP contribution < -0.4 is 5.73 Å². The molecular formula is C28H53N5O3SSi2. The van der Waals surface area contributed by atoms with Gasteiger partial charge in [-0.05, 0) is 33.2 Å². The van der Waals surface area contributed by atoms with Gasteiger partial charge in [0.1, 0.15) is 23.3 Å². The summed E-state index contributed by atoms with van der Waals surface area (Å²) in [5.74, 6) is 0.370. The highest BCUT2D eigenvalue weighted by molar-refractivity contribution is 7.80. The van der Waals surface area contributed by atoms with E-state index in [9.17, 15) is 0 Å². The third-order valence-electron chi connectivity index (χ3n) is 9.22. The molecule has 2 aromatic rings. The predicted octanol–water partition coefficient (Wildman–Crippen LogP) is 7.74. The van der Waals surface area contributed by atoms with Crippen molar-refractivity contribution in [1.82, 2.24) is 19.7 Å². The molecular weight excluding hydrogens is 543 g/mol. The minimum Gasteiger partial charge on any atom is -0.413 e. The van der Waals surface area contributed by atoms with Crippen LogP contribution in [0.3, 0.4) is 0 Å². The molecule has 1 saturated heterocycles.